The summed E-state index contributed by atoms with van der Waals surface area (Å²) >= 11 is 0. The second kappa shape index (κ2) is 15.0. The van der Waals surface area contributed by atoms with E-state index in [1.165, 1.54) is 33.4 Å². The standard InChI is InChI=1S/C60H41N3O/c1-60(2)51-29-10-9-26-48(51)55-47(27-14-30-52(55)60)44-23-11-22-42(34-44)43-32-33-53-50(37-43)56-49(28-15-31-54(56)64-53)59-62-57(45-24-12-20-40(35-45)38-16-5-3-6-17-38)61-58(63-59)46-25-13-21-41(36-46)39-18-7-4-8-19-39/h3-37H,1-2H3. The Morgan fingerprint density at radius 3 is 1.48 bits per heavy atom. The van der Waals surface area contributed by atoms with Crippen LogP contribution in [0, 0.1) is 0 Å². The van der Waals surface area contributed by atoms with Gasteiger partial charge in [0.05, 0.1) is 0 Å². The first-order chi connectivity index (χ1) is 31.5. The molecular formula is C60H41N3O. The maximum Gasteiger partial charge on any atom is 0.164 e. The monoisotopic (exact) mass is 819 g/mol. The number of nitrogens with zero attached hydrogens (tertiary/aromatic N) is 3. The van der Waals surface area contributed by atoms with Crippen molar-refractivity contribution < 1.29 is 4.42 Å². The highest BCUT2D eigenvalue weighted by molar-refractivity contribution is 6.13. The summed E-state index contributed by atoms with van der Waals surface area (Å²) in [6.07, 6.45) is 0. The smallest absolute Gasteiger partial charge is 0.164 e. The lowest BCUT2D eigenvalue weighted by Gasteiger charge is -2.21. The van der Waals surface area contributed by atoms with Crippen LogP contribution in [0.5, 0.6) is 0 Å². The number of hydrogen-bond acceptors (Lipinski definition) is 4. The normalized spacial score (nSPS) is 12.7. The van der Waals surface area contributed by atoms with Crippen molar-refractivity contribution in [2.45, 2.75) is 19.3 Å². The molecule has 0 spiro atoms. The van der Waals surface area contributed by atoms with Crippen LogP contribution < -0.4 is 0 Å². The lowest BCUT2D eigenvalue weighted by atomic mass is 9.82. The van der Waals surface area contributed by atoms with Gasteiger partial charge in [0.15, 0.2) is 17.5 Å². The summed E-state index contributed by atoms with van der Waals surface area (Å²) in [7, 11) is 0. The zero-order valence-electron chi connectivity index (χ0n) is 35.5. The van der Waals surface area contributed by atoms with Crippen molar-refractivity contribution in [3.63, 3.8) is 0 Å². The molecule has 0 unspecified atom stereocenters. The Labute approximate surface area is 372 Å². The Morgan fingerprint density at radius 2 is 0.797 bits per heavy atom. The zero-order valence-corrected chi connectivity index (χ0v) is 35.5. The Morgan fingerprint density at radius 1 is 0.328 bits per heavy atom. The summed E-state index contributed by atoms with van der Waals surface area (Å²) in [5.41, 5.74) is 18.7. The molecule has 0 atom stereocenters. The van der Waals surface area contributed by atoms with Gasteiger partial charge in [0.25, 0.3) is 0 Å². The highest BCUT2D eigenvalue weighted by atomic mass is 16.3. The first kappa shape index (κ1) is 37.5. The number of benzene rings is 9. The van der Waals surface area contributed by atoms with E-state index in [2.05, 4.69) is 202 Å². The van der Waals surface area contributed by atoms with Gasteiger partial charge >= 0.3 is 0 Å². The van der Waals surface area contributed by atoms with E-state index in [0.717, 1.165) is 72.0 Å². The van der Waals surface area contributed by atoms with E-state index in [1.807, 2.05) is 24.3 Å². The van der Waals surface area contributed by atoms with E-state index in [0.29, 0.717) is 17.5 Å². The summed E-state index contributed by atoms with van der Waals surface area (Å²) in [6.45, 7) is 4.67. The molecule has 1 aliphatic rings. The predicted molar refractivity (Wildman–Crippen MR) is 263 cm³/mol. The molecule has 0 fully saturated rings. The molecule has 0 amide bonds. The van der Waals surface area contributed by atoms with Gasteiger partial charge < -0.3 is 4.42 Å². The van der Waals surface area contributed by atoms with Crippen molar-refractivity contribution in [1.29, 1.82) is 0 Å². The molecule has 0 saturated heterocycles. The van der Waals surface area contributed by atoms with Crippen molar-refractivity contribution >= 4 is 21.9 Å². The molecular weight excluding hydrogens is 779 g/mol. The van der Waals surface area contributed by atoms with Crippen LogP contribution in [0.1, 0.15) is 25.0 Å². The molecule has 302 valence electrons. The van der Waals surface area contributed by atoms with Gasteiger partial charge in [-0.3, -0.25) is 0 Å². The van der Waals surface area contributed by atoms with E-state index in [1.54, 1.807) is 0 Å². The van der Waals surface area contributed by atoms with Crippen LogP contribution in [-0.4, -0.2) is 15.0 Å². The van der Waals surface area contributed by atoms with Crippen LogP contribution in [0.2, 0.25) is 0 Å². The summed E-state index contributed by atoms with van der Waals surface area (Å²) in [5, 5.41) is 1.97. The van der Waals surface area contributed by atoms with Crippen molar-refractivity contribution in [3.05, 3.63) is 223 Å². The predicted octanol–water partition coefficient (Wildman–Crippen LogP) is 15.7. The number of hydrogen-bond donors (Lipinski definition) is 0. The molecule has 12 rings (SSSR count). The molecule has 0 N–H and O–H groups in total. The average molecular weight is 820 g/mol. The Balaban J connectivity index is 1.01. The van der Waals surface area contributed by atoms with Gasteiger partial charge in [-0.05, 0) is 103 Å². The molecule has 2 aromatic heterocycles. The Bertz CT molecular complexity index is 3490. The Kier molecular flexibility index (Phi) is 8.80. The minimum Gasteiger partial charge on any atom is -0.456 e. The second-order valence-electron chi connectivity index (χ2n) is 17.2. The fraction of sp³-hybridized carbons (Fsp3) is 0.0500. The van der Waals surface area contributed by atoms with E-state index in [-0.39, 0.29) is 5.41 Å². The number of rotatable bonds is 7. The van der Waals surface area contributed by atoms with Gasteiger partial charge in [-0.15, -0.1) is 0 Å². The third-order valence-electron chi connectivity index (χ3n) is 12.9. The lowest BCUT2D eigenvalue weighted by molar-refractivity contribution is 0.660. The number of fused-ring (bicyclic) bond motifs is 6. The van der Waals surface area contributed by atoms with Crippen LogP contribution in [0.3, 0.4) is 0 Å². The SMILES string of the molecule is CC1(C)c2ccccc2-c2c(-c3cccc(-c4ccc5oc6cccc(-c7nc(-c8cccc(-c9ccccc9)c8)nc(-c8cccc(-c9ccccc9)c8)n7)c6c5c4)c3)cccc21. The van der Waals surface area contributed by atoms with Gasteiger partial charge in [0, 0.05) is 32.9 Å². The topological polar surface area (TPSA) is 51.8 Å². The molecule has 1 aliphatic carbocycles. The highest BCUT2D eigenvalue weighted by Crippen LogP contribution is 2.52. The van der Waals surface area contributed by atoms with Crippen LogP contribution in [-0.2, 0) is 5.41 Å². The zero-order chi connectivity index (χ0) is 42.8. The van der Waals surface area contributed by atoms with Gasteiger partial charge in [-0.1, -0.05) is 190 Å². The van der Waals surface area contributed by atoms with E-state index in [9.17, 15) is 0 Å². The summed E-state index contributed by atoms with van der Waals surface area (Å²) in [4.78, 5) is 15.7. The third-order valence-corrected chi connectivity index (χ3v) is 12.9. The van der Waals surface area contributed by atoms with E-state index >= 15 is 0 Å². The molecule has 0 bridgehead atoms. The van der Waals surface area contributed by atoms with Gasteiger partial charge in [0.2, 0.25) is 0 Å². The van der Waals surface area contributed by atoms with Crippen LogP contribution in [0.4, 0.5) is 0 Å². The highest BCUT2D eigenvalue weighted by Gasteiger charge is 2.36. The number of furan rings is 1. The first-order valence-corrected chi connectivity index (χ1v) is 21.8. The molecule has 4 nitrogen and oxygen atoms in total. The van der Waals surface area contributed by atoms with Gasteiger partial charge in [-0.25, -0.2) is 15.0 Å². The molecule has 0 aliphatic heterocycles. The van der Waals surface area contributed by atoms with E-state index in [4.69, 9.17) is 19.4 Å². The molecule has 11 aromatic rings. The van der Waals surface area contributed by atoms with Crippen LogP contribution in [0.15, 0.2) is 217 Å². The fourth-order valence-corrected chi connectivity index (χ4v) is 9.75. The minimum absolute atomic E-state index is 0.0664. The first-order valence-electron chi connectivity index (χ1n) is 21.8. The van der Waals surface area contributed by atoms with Gasteiger partial charge in [0.1, 0.15) is 11.2 Å². The quantitative estimate of drug-likeness (QED) is 0.161. The minimum atomic E-state index is -0.0664. The maximum atomic E-state index is 6.59. The fourth-order valence-electron chi connectivity index (χ4n) is 9.75. The lowest BCUT2D eigenvalue weighted by Crippen LogP contribution is -2.14. The average Bonchev–Trinajstić information content (AvgIpc) is 3.86. The molecule has 0 radical (unpaired) electrons. The third kappa shape index (κ3) is 6.34. The van der Waals surface area contributed by atoms with Crippen LogP contribution in [0.25, 0.3) is 112 Å². The molecule has 64 heavy (non-hydrogen) atoms. The molecule has 9 aromatic carbocycles. The van der Waals surface area contributed by atoms with Gasteiger partial charge in [-0.2, -0.15) is 0 Å². The van der Waals surface area contributed by atoms with E-state index < -0.39 is 0 Å². The van der Waals surface area contributed by atoms with Crippen molar-refractivity contribution in [1.82, 2.24) is 15.0 Å². The summed E-state index contributed by atoms with van der Waals surface area (Å²) < 4.78 is 6.59. The molecule has 0 saturated carbocycles. The largest absolute Gasteiger partial charge is 0.456 e. The molecule has 2 heterocycles. The van der Waals surface area contributed by atoms with Crippen molar-refractivity contribution in [2.75, 3.05) is 0 Å². The maximum absolute atomic E-state index is 6.59. The second-order valence-corrected chi connectivity index (χ2v) is 17.2. The summed E-state index contributed by atoms with van der Waals surface area (Å²) in [6, 6.07) is 74.9. The van der Waals surface area contributed by atoms with Crippen LogP contribution >= 0.6 is 0 Å². The Hall–Kier alpha value is -8.21. The summed E-state index contributed by atoms with van der Waals surface area (Å²) in [5.74, 6) is 1.78. The van der Waals surface area contributed by atoms with Crippen molar-refractivity contribution in [2.24, 2.45) is 0 Å². The molecule has 4 heteroatoms. The number of aromatic nitrogens is 3. The van der Waals surface area contributed by atoms with Crippen molar-refractivity contribution in [3.8, 4) is 89.8 Å².